The standard InChI is InChI=1S/C8H11O.Rb/c1-6(2)8-5-4-7(3)9-8;/h5-6H,1-3H3;/q-1;+1. The van der Waals surface area contributed by atoms with E-state index in [9.17, 15) is 0 Å². The Bertz CT molecular complexity index is 191. The van der Waals surface area contributed by atoms with Gasteiger partial charge in [0, 0.05) is 0 Å². The molecule has 0 unspecified atom stereocenters. The second kappa shape index (κ2) is 4.86. The van der Waals surface area contributed by atoms with Crippen LogP contribution in [-0.4, -0.2) is 0 Å². The molecule has 0 bridgehead atoms. The minimum Gasteiger partial charge on any atom is -0.570 e. The Kier molecular flexibility index (Phi) is 5.39. The van der Waals surface area contributed by atoms with Gasteiger partial charge < -0.3 is 4.42 Å². The minimum absolute atomic E-state index is 0. The van der Waals surface area contributed by atoms with Gasteiger partial charge in [0.1, 0.15) is 0 Å². The Morgan fingerprint density at radius 2 is 2.10 bits per heavy atom. The number of hydrogen-bond acceptors (Lipinski definition) is 1. The van der Waals surface area contributed by atoms with Crippen molar-refractivity contribution in [2.45, 2.75) is 26.7 Å². The van der Waals surface area contributed by atoms with Crippen LogP contribution in [0.3, 0.4) is 0 Å². The van der Waals surface area contributed by atoms with Crippen LogP contribution in [0.4, 0.5) is 0 Å². The largest absolute Gasteiger partial charge is 1.00 e. The fourth-order valence-corrected chi connectivity index (χ4v) is 0.693. The molecule has 0 saturated carbocycles. The van der Waals surface area contributed by atoms with Gasteiger partial charge >= 0.3 is 58.2 Å². The third-order valence-corrected chi connectivity index (χ3v) is 1.26. The summed E-state index contributed by atoms with van der Waals surface area (Å²) in [5.41, 5.74) is 0. The van der Waals surface area contributed by atoms with Gasteiger partial charge in [-0.15, -0.1) is 0 Å². The summed E-state index contributed by atoms with van der Waals surface area (Å²) in [5, 5.41) is 0. The first-order chi connectivity index (χ1) is 4.20. The number of rotatable bonds is 1. The maximum Gasteiger partial charge on any atom is 1.00 e. The molecule has 10 heavy (non-hydrogen) atoms. The number of hydrogen-bond donors (Lipinski definition) is 0. The van der Waals surface area contributed by atoms with E-state index in [1.807, 2.05) is 13.0 Å². The van der Waals surface area contributed by atoms with E-state index in [1.54, 1.807) is 0 Å². The fourth-order valence-electron chi connectivity index (χ4n) is 0.693. The van der Waals surface area contributed by atoms with Gasteiger partial charge in [-0.1, -0.05) is 19.8 Å². The van der Waals surface area contributed by atoms with Crippen LogP contribution < -0.4 is 58.2 Å². The summed E-state index contributed by atoms with van der Waals surface area (Å²) in [7, 11) is 0. The molecule has 0 aliphatic heterocycles. The van der Waals surface area contributed by atoms with Crippen LogP contribution in [0.5, 0.6) is 0 Å². The van der Waals surface area contributed by atoms with Crippen LogP contribution in [0.2, 0.25) is 0 Å². The van der Waals surface area contributed by atoms with E-state index in [1.165, 1.54) is 0 Å². The summed E-state index contributed by atoms with van der Waals surface area (Å²) in [5.74, 6) is 2.38. The molecule has 0 aliphatic rings. The summed E-state index contributed by atoms with van der Waals surface area (Å²) in [6, 6.07) is 4.89. The first-order valence-corrected chi connectivity index (χ1v) is 3.18. The van der Waals surface area contributed by atoms with E-state index in [-0.39, 0.29) is 58.2 Å². The Hall–Kier alpha value is 1.09. The van der Waals surface area contributed by atoms with Crippen LogP contribution in [0, 0.1) is 13.0 Å². The molecule has 0 saturated heterocycles. The molecule has 0 aromatic carbocycles. The van der Waals surface area contributed by atoms with Crippen molar-refractivity contribution < 1.29 is 62.6 Å². The molecule has 1 heterocycles. The average molecular weight is 209 g/mol. The molecule has 0 aliphatic carbocycles. The third-order valence-electron chi connectivity index (χ3n) is 1.26. The zero-order chi connectivity index (χ0) is 6.85. The molecule has 1 aromatic rings. The summed E-state index contributed by atoms with van der Waals surface area (Å²) in [4.78, 5) is 0. The second-order valence-electron chi connectivity index (χ2n) is 2.50. The quantitative estimate of drug-likeness (QED) is 0.568. The minimum atomic E-state index is 0. The van der Waals surface area contributed by atoms with Crippen LogP contribution >= 0.6 is 0 Å². The Morgan fingerprint density at radius 1 is 1.50 bits per heavy atom. The molecule has 1 aromatic heterocycles. The van der Waals surface area contributed by atoms with Gasteiger partial charge in [0.15, 0.2) is 0 Å². The normalized spacial score (nSPS) is 9.60. The van der Waals surface area contributed by atoms with Gasteiger partial charge in [0.2, 0.25) is 0 Å². The summed E-state index contributed by atoms with van der Waals surface area (Å²) in [6.45, 7) is 6.12. The molecule has 0 fully saturated rings. The molecule has 1 rings (SSSR count). The first-order valence-electron chi connectivity index (χ1n) is 3.18. The van der Waals surface area contributed by atoms with E-state index >= 15 is 0 Å². The Labute approximate surface area is 111 Å². The fraction of sp³-hybridized carbons (Fsp3) is 0.500. The van der Waals surface area contributed by atoms with E-state index in [0.29, 0.717) is 5.92 Å². The topological polar surface area (TPSA) is 13.1 Å². The smallest absolute Gasteiger partial charge is 0.570 e. The van der Waals surface area contributed by atoms with Gasteiger partial charge in [-0.25, -0.2) is 6.07 Å². The molecule has 1 nitrogen and oxygen atoms in total. The van der Waals surface area contributed by atoms with Gasteiger partial charge in [-0.2, -0.15) is 6.07 Å². The SMILES string of the molecule is Cc1[c-]cc(C(C)C)o1.[Rb+]. The zero-order valence-electron chi connectivity index (χ0n) is 7.06. The van der Waals surface area contributed by atoms with Crippen molar-refractivity contribution in [3.8, 4) is 0 Å². The predicted octanol–water partition coefficient (Wildman–Crippen LogP) is -0.484. The van der Waals surface area contributed by atoms with Crippen molar-refractivity contribution in [3.63, 3.8) is 0 Å². The van der Waals surface area contributed by atoms with Crippen LogP contribution in [-0.2, 0) is 0 Å². The molecule has 2 heteroatoms. The predicted molar refractivity (Wildman–Crippen MR) is 36.4 cm³/mol. The summed E-state index contributed by atoms with van der Waals surface area (Å²) >= 11 is 0. The van der Waals surface area contributed by atoms with Crippen molar-refractivity contribution in [2.24, 2.45) is 0 Å². The number of aryl methyl sites for hydroxylation is 1. The first kappa shape index (κ1) is 11.1. The zero-order valence-corrected chi connectivity index (χ0v) is 12.0. The van der Waals surface area contributed by atoms with Crippen LogP contribution in [0.15, 0.2) is 10.5 Å². The Balaban J connectivity index is 0.000000810. The molecular formula is C8H11ORb. The summed E-state index contributed by atoms with van der Waals surface area (Å²) in [6.07, 6.45) is 0. The van der Waals surface area contributed by atoms with Gasteiger partial charge in [0.05, 0.1) is 0 Å². The van der Waals surface area contributed by atoms with Crippen molar-refractivity contribution in [2.75, 3.05) is 0 Å². The molecular weight excluding hydrogens is 198 g/mol. The molecule has 0 radical (unpaired) electrons. The number of furan rings is 1. The molecule has 0 atom stereocenters. The van der Waals surface area contributed by atoms with Crippen molar-refractivity contribution in [1.29, 1.82) is 0 Å². The third kappa shape index (κ3) is 2.99. The maximum atomic E-state index is 5.29. The van der Waals surface area contributed by atoms with Gasteiger partial charge in [0.25, 0.3) is 0 Å². The average Bonchev–Trinajstić information content (AvgIpc) is 2.14. The monoisotopic (exact) mass is 208 g/mol. The van der Waals surface area contributed by atoms with Crippen LogP contribution in [0.25, 0.3) is 0 Å². The van der Waals surface area contributed by atoms with Crippen molar-refractivity contribution in [3.05, 3.63) is 23.7 Å². The van der Waals surface area contributed by atoms with E-state index in [2.05, 4.69) is 19.9 Å². The molecule has 0 spiro atoms. The van der Waals surface area contributed by atoms with Crippen molar-refractivity contribution in [1.82, 2.24) is 0 Å². The van der Waals surface area contributed by atoms with Gasteiger partial charge in [-0.05, 0) is 18.4 Å². The van der Waals surface area contributed by atoms with Crippen LogP contribution in [0.1, 0.15) is 31.3 Å². The second-order valence-corrected chi connectivity index (χ2v) is 2.50. The molecule has 0 amide bonds. The maximum absolute atomic E-state index is 5.29. The van der Waals surface area contributed by atoms with Crippen molar-refractivity contribution >= 4 is 0 Å². The van der Waals surface area contributed by atoms with E-state index in [0.717, 1.165) is 11.5 Å². The molecule has 50 valence electrons. The summed E-state index contributed by atoms with van der Waals surface area (Å²) < 4.78 is 5.29. The Morgan fingerprint density at radius 3 is 2.30 bits per heavy atom. The molecule has 0 N–H and O–H groups in total. The van der Waals surface area contributed by atoms with E-state index < -0.39 is 0 Å². The van der Waals surface area contributed by atoms with E-state index in [4.69, 9.17) is 4.42 Å². The van der Waals surface area contributed by atoms with Gasteiger partial charge in [-0.3, -0.25) is 0 Å².